The van der Waals surface area contributed by atoms with E-state index in [2.05, 4.69) is 5.32 Å². The van der Waals surface area contributed by atoms with Crippen LogP contribution >= 0.6 is 0 Å². The van der Waals surface area contributed by atoms with Crippen LogP contribution in [0.5, 0.6) is 0 Å². The Morgan fingerprint density at radius 2 is 2.07 bits per heavy atom. The lowest BCUT2D eigenvalue weighted by Gasteiger charge is -2.25. The van der Waals surface area contributed by atoms with Crippen molar-refractivity contribution in [2.45, 2.75) is 39.0 Å². The number of allylic oxidation sites excluding steroid dienone is 1. The highest BCUT2D eigenvalue weighted by Gasteiger charge is 2.38. The molecule has 0 saturated carbocycles. The first-order valence-electron chi connectivity index (χ1n) is 9.29. The number of ether oxygens (including phenoxy) is 3. The molecule has 2 aliphatic rings. The van der Waals surface area contributed by atoms with Crippen LogP contribution in [0.15, 0.2) is 11.6 Å². The molecule has 3 atom stereocenters. The van der Waals surface area contributed by atoms with E-state index in [9.17, 15) is 19.2 Å². The third kappa shape index (κ3) is 5.77. The molecule has 10 nitrogen and oxygen atoms in total. The normalized spacial score (nSPS) is 25.1. The van der Waals surface area contributed by atoms with Gasteiger partial charge in [0, 0.05) is 19.8 Å². The maximum atomic E-state index is 12.7. The second kappa shape index (κ2) is 10.2. The molecule has 10 heteroatoms. The standard InChI is InChI=1S/C18H27N3O7/c1-3-26-10-11-5-6-12(16(19)24)17(25)21(8-11)9-14(22)20-13-7-15(23)28-18(13)27-4-2/h5,12-13,18H,3-4,6-10H2,1-2H3,(H2,19,24)(H,20,22). The molecule has 2 heterocycles. The lowest BCUT2D eigenvalue weighted by Crippen LogP contribution is -2.49. The Morgan fingerprint density at radius 1 is 1.32 bits per heavy atom. The van der Waals surface area contributed by atoms with Crippen LogP contribution in [-0.4, -0.2) is 73.8 Å². The number of nitrogens with two attached hydrogens (primary N) is 1. The summed E-state index contributed by atoms with van der Waals surface area (Å²) in [6.07, 6.45) is 1.07. The fourth-order valence-corrected chi connectivity index (χ4v) is 3.10. The van der Waals surface area contributed by atoms with Crippen LogP contribution in [0.25, 0.3) is 0 Å². The zero-order valence-electron chi connectivity index (χ0n) is 16.1. The van der Waals surface area contributed by atoms with Crippen molar-refractivity contribution in [2.75, 3.05) is 32.9 Å². The average Bonchev–Trinajstić information content (AvgIpc) is 2.88. The van der Waals surface area contributed by atoms with Crippen molar-refractivity contribution in [3.63, 3.8) is 0 Å². The summed E-state index contributed by atoms with van der Waals surface area (Å²) in [5.74, 6) is -3.23. The minimum absolute atomic E-state index is 0.0102. The monoisotopic (exact) mass is 397 g/mol. The summed E-state index contributed by atoms with van der Waals surface area (Å²) < 4.78 is 15.7. The lowest BCUT2D eigenvalue weighted by molar-refractivity contribution is -0.164. The van der Waals surface area contributed by atoms with Crippen molar-refractivity contribution in [3.8, 4) is 0 Å². The van der Waals surface area contributed by atoms with Crippen molar-refractivity contribution >= 4 is 23.7 Å². The van der Waals surface area contributed by atoms with Crippen molar-refractivity contribution < 1.29 is 33.4 Å². The van der Waals surface area contributed by atoms with Crippen LogP contribution in [0.2, 0.25) is 0 Å². The molecule has 1 saturated heterocycles. The van der Waals surface area contributed by atoms with E-state index in [-0.39, 0.29) is 25.9 Å². The number of primary amides is 1. The molecule has 156 valence electrons. The number of nitrogens with zero attached hydrogens (tertiary/aromatic N) is 1. The molecule has 0 radical (unpaired) electrons. The molecule has 0 aliphatic carbocycles. The van der Waals surface area contributed by atoms with Crippen molar-refractivity contribution in [1.82, 2.24) is 10.2 Å². The zero-order valence-corrected chi connectivity index (χ0v) is 16.1. The van der Waals surface area contributed by atoms with Gasteiger partial charge in [0.25, 0.3) is 0 Å². The van der Waals surface area contributed by atoms with Gasteiger partial charge in [-0.2, -0.15) is 0 Å². The van der Waals surface area contributed by atoms with Crippen LogP contribution in [0.1, 0.15) is 26.7 Å². The van der Waals surface area contributed by atoms with Gasteiger partial charge in [-0.25, -0.2) is 0 Å². The smallest absolute Gasteiger partial charge is 0.310 e. The van der Waals surface area contributed by atoms with E-state index in [0.29, 0.717) is 19.8 Å². The van der Waals surface area contributed by atoms with E-state index >= 15 is 0 Å². The lowest BCUT2D eigenvalue weighted by atomic mass is 10.0. The average molecular weight is 397 g/mol. The first kappa shape index (κ1) is 21.8. The molecule has 0 aromatic heterocycles. The summed E-state index contributed by atoms with van der Waals surface area (Å²) in [5.41, 5.74) is 6.14. The molecular weight excluding hydrogens is 370 g/mol. The first-order valence-corrected chi connectivity index (χ1v) is 9.29. The van der Waals surface area contributed by atoms with Crippen LogP contribution in [0.4, 0.5) is 0 Å². The second-order valence-electron chi connectivity index (χ2n) is 6.58. The highest BCUT2D eigenvalue weighted by atomic mass is 16.7. The molecule has 3 amide bonds. The number of esters is 1. The van der Waals surface area contributed by atoms with E-state index in [1.54, 1.807) is 13.0 Å². The Labute approximate surface area is 163 Å². The molecular formula is C18H27N3O7. The number of amides is 3. The zero-order chi connectivity index (χ0) is 20.7. The maximum absolute atomic E-state index is 12.7. The topological polar surface area (TPSA) is 137 Å². The minimum atomic E-state index is -1.03. The Kier molecular flexibility index (Phi) is 7.94. The predicted octanol–water partition coefficient (Wildman–Crippen LogP) is -0.923. The highest BCUT2D eigenvalue weighted by molar-refractivity contribution is 6.01. The Bertz CT molecular complexity index is 649. The van der Waals surface area contributed by atoms with Crippen molar-refractivity contribution in [1.29, 1.82) is 0 Å². The third-order valence-corrected chi connectivity index (χ3v) is 4.46. The quantitative estimate of drug-likeness (QED) is 0.291. The molecule has 3 unspecified atom stereocenters. The Hall–Kier alpha value is -2.46. The fraction of sp³-hybridized carbons (Fsp3) is 0.667. The summed E-state index contributed by atoms with van der Waals surface area (Å²) in [6, 6.07) is -0.632. The van der Waals surface area contributed by atoms with E-state index in [1.165, 1.54) is 4.90 Å². The number of carbonyl (C=O) groups excluding carboxylic acids is 4. The van der Waals surface area contributed by atoms with Gasteiger partial charge in [0.15, 0.2) is 0 Å². The number of cyclic esters (lactones) is 1. The van der Waals surface area contributed by atoms with E-state index < -0.39 is 41.9 Å². The predicted molar refractivity (Wildman–Crippen MR) is 96.5 cm³/mol. The number of nitrogens with one attached hydrogen (secondary N) is 1. The highest BCUT2D eigenvalue weighted by Crippen LogP contribution is 2.19. The summed E-state index contributed by atoms with van der Waals surface area (Å²) >= 11 is 0. The summed E-state index contributed by atoms with van der Waals surface area (Å²) in [5, 5.41) is 2.66. The molecule has 3 N–H and O–H groups in total. The van der Waals surface area contributed by atoms with E-state index in [4.69, 9.17) is 19.9 Å². The van der Waals surface area contributed by atoms with Gasteiger partial charge < -0.3 is 30.2 Å². The molecule has 28 heavy (non-hydrogen) atoms. The molecule has 0 bridgehead atoms. The molecule has 1 fully saturated rings. The molecule has 2 aliphatic heterocycles. The fourth-order valence-electron chi connectivity index (χ4n) is 3.10. The number of rotatable bonds is 9. The second-order valence-corrected chi connectivity index (χ2v) is 6.58. The van der Waals surface area contributed by atoms with Gasteiger partial charge in [0.05, 0.1) is 19.6 Å². The van der Waals surface area contributed by atoms with Gasteiger partial charge in [-0.3, -0.25) is 19.2 Å². The molecule has 0 spiro atoms. The summed E-state index contributed by atoms with van der Waals surface area (Å²) in [6.45, 7) is 4.59. The van der Waals surface area contributed by atoms with Crippen molar-refractivity contribution in [2.24, 2.45) is 11.7 Å². The van der Waals surface area contributed by atoms with Gasteiger partial charge in [-0.1, -0.05) is 6.08 Å². The molecule has 0 aromatic rings. The third-order valence-electron chi connectivity index (χ3n) is 4.46. The minimum Gasteiger partial charge on any atom is -0.433 e. The summed E-state index contributed by atoms with van der Waals surface area (Å²) in [7, 11) is 0. The van der Waals surface area contributed by atoms with Crippen LogP contribution in [-0.2, 0) is 33.4 Å². The van der Waals surface area contributed by atoms with Crippen LogP contribution in [0, 0.1) is 5.92 Å². The van der Waals surface area contributed by atoms with Gasteiger partial charge in [0.2, 0.25) is 24.0 Å². The Morgan fingerprint density at radius 3 is 2.71 bits per heavy atom. The van der Waals surface area contributed by atoms with Gasteiger partial charge in [-0.05, 0) is 25.8 Å². The maximum Gasteiger partial charge on any atom is 0.310 e. The summed E-state index contributed by atoms with van der Waals surface area (Å²) in [4.78, 5) is 49.5. The van der Waals surface area contributed by atoms with Crippen molar-refractivity contribution in [3.05, 3.63) is 11.6 Å². The SMILES string of the molecule is CCOCC1=CCC(C(N)=O)C(=O)N(CC(=O)NC2CC(=O)OC2OCC)C1. The Balaban J connectivity index is 2.04. The van der Waals surface area contributed by atoms with E-state index in [1.807, 2.05) is 6.92 Å². The van der Waals surface area contributed by atoms with Crippen LogP contribution in [0.3, 0.4) is 0 Å². The van der Waals surface area contributed by atoms with Crippen LogP contribution < -0.4 is 11.1 Å². The van der Waals surface area contributed by atoms with E-state index in [0.717, 1.165) is 5.57 Å². The van der Waals surface area contributed by atoms with Gasteiger partial charge in [0.1, 0.15) is 12.0 Å². The number of hydrogen-bond acceptors (Lipinski definition) is 7. The molecule has 2 rings (SSSR count). The molecule has 0 aromatic carbocycles. The van der Waals surface area contributed by atoms with Gasteiger partial charge >= 0.3 is 5.97 Å². The number of hydrogen-bond donors (Lipinski definition) is 2. The first-order chi connectivity index (χ1) is 13.3. The largest absolute Gasteiger partial charge is 0.433 e. The van der Waals surface area contributed by atoms with Gasteiger partial charge in [-0.15, -0.1) is 0 Å². The number of carbonyl (C=O) groups is 4.